The fourth-order valence-electron chi connectivity index (χ4n) is 3.15. The van der Waals surface area contributed by atoms with Gasteiger partial charge in [0.15, 0.2) is 8.32 Å². The Bertz CT molecular complexity index is 502. The second-order valence-corrected chi connectivity index (χ2v) is 25.6. The number of carbonyl (C=O) groups excluding carboxylic acids is 1. The van der Waals surface area contributed by atoms with Gasteiger partial charge in [0.05, 0.1) is 0 Å². The summed E-state index contributed by atoms with van der Waals surface area (Å²) in [5.74, 6) is -0.376. The van der Waals surface area contributed by atoms with Crippen LogP contribution >= 0.6 is 0 Å². The van der Waals surface area contributed by atoms with Crippen molar-refractivity contribution < 1.29 is 21.6 Å². The van der Waals surface area contributed by atoms with Gasteiger partial charge in [0.25, 0.3) is 0 Å². The smallest absolute Gasteiger partial charge is 0.398 e. The largest absolute Gasteiger partial charge is 0.491 e. The molecule has 154 valence electrons. The van der Waals surface area contributed by atoms with Crippen molar-refractivity contribution in [1.29, 1.82) is 0 Å². The first-order chi connectivity index (χ1) is 11.3. The molecule has 0 heterocycles. The Labute approximate surface area is 165 Å². The quantitative estimate of drug-likeness (QED) is 0.327. The van der Waals surface area contributed by atoms with Crippen molar-refractivity contribution in [3.63, 3.8) is 0 Å². The topological polar surface area (TPSA) is 54.0 Å². The van der Waals surface area contributed by atoms with Crippen LogP contribution in [0.3, 0.4) is 0 Å². The maximum atomic E-state index is 12.3. The summed E-state index contributed by atoms with van der Waals surface area (Å²) in [6.07, 6.45) is 0. The first-order valence-corrected chi connectivity index (χ1v) is 20.3. The van der Waals surface area contributed by atoms with E-state index < -0.39 is 34.0 Å². The standard InChI is InChI=1S/C17H40O5Si4/c1-14(2)17(18)19-26(15(3)4,16(5)6)22-25(12,13)21-24(10,11)20-23(7,8)9/h15-16H,1H2,2-13H3. The lowest BCUT2D eigenvalue weighted by molar-refractivity contribution is -0.132. The fourth-order valence-corrected chi connectivity index (χ4v) is 22.3. The number of rotatable bonds is 10. The summed E-state index contributed by atoms with van der Waals surface area (Å²) in [6.45, 7) is 28.3. The van der Waals surface area contributed by atoms with Crippen molar-refractivity contribution in [1.82, 2.24) is 0 Å². The minimum Gasteiger partial charge on any atom is -0.491 e. The van der Waals surface area contributed by atoms with E-state index in [1.54, 1.807) is 6.92 Å². The van der Waals surface area contributed by atoms with Crippen LogP contribution < -0.4 is 0 Å². The van der Waals surface area contributed by atoms with E-state index in [-0.39, 0.29) is 17.1 Å². The zero-order valence-electron chi connectivity index (χ0n) is 18.9. The molecule has 0 aliphatic heterocycles. The van der Waals surface area contributed by atoms with Crippen LogP contribution in [0.4, 0.5) is 0 Å². The Balaban J connectivity index is 5.66. The fraction of sp³-hybridized carbons (Fsp3) is 0.824. The highest BCUT2D eigenvalue weighted by Crippen LogP contribution is 2.38. The van der Waals surface area contributed by atoms with Gasteiger partial charge < -0.3 is 16.8 Å². The van der Waals surface area contributed by atoms with Crippen molar-refractivity contribution >= 4 is 40.0 Å². The summed E-state index contributed by atoms with van der Waals surface area (Å²) in [5.41, 5.74) is 0.594. The monoisotopic (exact) mass is 436 g/mol. The average Bonchev–Trinajstić information content (AvgIpc) is 2.31. The van der Waals surface area contributed by atoms with Gasteiger partial charge in [0.1, 0.15) is 0 Å². The number of hydrogen-bond donors (Lipinski definition) is 0. The molecule has 0 spiro atoms. The molecule has 0 amide bonds. The van der Waals surface area contributed by atoms with Gasteiger partial charge in [0.2, 0.25) is 0 Å². The van der Waals surface area contributed by atoms with Crippen molar-refractivity contribution in [3.8, 4) is 0 Å². The van der Waals surface area contributed by atoms with Gasteiger partial charge in [-0.2, -0.15) is 0 Å². The lowest BCUT2D eigenvalue weighted by Crippen LogP contribution is -2.60. The molecule has 0 N–H and O–H groups in total. The van der Waals surface area contributed by atoms with Crippen molar-refractivity contribution in [2.75, 3.05) is 0 Å². The van der Waals surface area contributed by atoms with Gasteiger partial charge in [-0.25, -0.2) is 4.79 Å². The van der Waals surface area contributed by atoms with E-state index in [0.29, 0.717) is 5.57 Å². The molecule has 0 fully saturated rings. The highest BCUT2D eigenvalue weighted by atomic mass is 28.5. The van der Waals surface area contributed by atoms with Crippen molar-refractivity contribution in [2.24, 2.45) is 0 Å². The molecule has 0 atom stereocenters. The molecule has 5 nitrogen and oxygen atoms in total. The zero-order valence-corrected chi connectivity index (χ0v) is 22.9. The Morgan fingerprint density at radius 2 is 1.15 bits per heavy atom. The predicted octanol–water partition coefficient (Wildman–Crippen LogP) is 5.66. The molecule has 9 heteroatoms. The van der Waals surface area contributed by atoms with E-state index in [9.17, 15) is 4.79 Å². The summed E-state index contributed by atoms with van der Waals surface area (Å²) < 4.78 is 25.5. The van der Waals surface area contributed by atoms with Gasteiger partial charge in [-0.1, -0.05) is 34.3 Å². The van der Waals surface area contributed by atoms with Crippen LogP contribution in [0.5, 0.6) is 0 Å². The Hall–Kier alpha value is -0.0425. The number of hydrogen-bond acceptors (Lipinski definition) is 5. The summed E-state index contributed by atoms with van der Waals surface area (Å²) in [5, 5.41) is 0. The molecule has 0 rings (SSSR count). The highest BCUT2D eigenvalue weighted by Gasteiger charge is 2.54. The van der Waals surface area contributed by atoms with Gasteiger partial charge >= 0.3 is 31.7 Å². The van der Waals surface area contributed by atoms with E-state index in [0.717, 1.165) is 0 Å². The van der Waals surface area contributed by atoms with Gasteiger partial charge in [-0.3, -0.25) is 0 Å². The van der Waals surface area contributed by atoms with Crippen molar-refractivity contribution in [3.05, 3.63) is 12.2 Å². The average molecular weight is 437 g/mol. The molecule has 0 unspecified atom stereocenters. The third-order valence-corrected chi connectivity index (χ3v) is 19.0. The third kappa shape index (κ3) is 8.32. The minimum absolute atomic E-state index is 0.101. The van der Waals surface area contributed by atoms with E-state index >= 15 is 0 Å². The molecule has 0 aromatic rings. The lowest BCUT2D eigenvalue weighted by atomic mass is 10.4. The molecule has 0 radical (unpaired) electrons. The predicted molar refractivity (Wildman–Crippen MR) is 118 cm³/mol. The first kappa shape index (κ1) is 26.0. The SMILES string of the molecule is C=C(C)C(=O)O[Si](O[Si](C)(C)O[Si](C)(C)O[Si](C)(C)C)(C(C)C)C(C)C. The second kappa shape index (κ2) is 8.97. The van der Waals surface area contributed by atoms with Gasteiger partial charge in [0, 0.05) is 16.7 Å². The van der Waals surface area contributed by atoms with Gasteiger partial charge in [-0.15, -0.1) is 0 Å². The molecule has 0 aromatic carbocycles. The maximum Gasteiger partial charge on any atom is 0.398 e. The van der Waals surface area contributed by atoms with E-state index in [4.69, 9.17) is 16.8 Å². The molecular weight excluding hydrogens is 397 g/mol. The maximum absolute atomic E-state index is 12.3. The molecule has 0 aliphatic rings. The number of carbonyl (C=O) groups is 1. The van der Waals surface area contributed by atoms with Crippen LogP contribution in [-0.4, -0.2) is 40.0 Å². The molecule has 0 aliphatic carbocycles. The molecule has 0 aromatic heterocycles. The Kier molecular flexibility index (Phi) is 8.96. The van der Waals surface area contributed by atoms with Crippen LogP contribution in [0.25, 0.3) is 0 Å². The summed E-state index contributed by atoms with van der Waals surface area (Å²) in [4.78, 5) is 12.3. The molecule has 0 bridgehead atoms. The van der Waals surface area contributed by atoms with Crippen molar-refractivity contribution in [2.45, 2.75) is 91.5 Å². The van der Waals surface area contributed by atoms with Gasteiger partial charge in [-0.05, 0) is 52.8 Å². The third-order valence-electron chi connectivity index (χ3n) is 3.66. The van der Waals surface area contributed by atoms with E-state index in [1.807, 2.05) is 13.1 Å². The van der Waals surface area contributed by atoms with Crippen LogP contribution in [0, 0.1) is 0 Å². The van der Waals surface area contributed by atoms with Crippen LogP contribution in [0.2, 0.25) is 56.9 Å². The first-order valence-electron chi connectivity index (χ1n) is 9.33. The zero-order chi connectivity index (χ0) is 21.1. The summed E-state index contributed by atoms with van der Waals surface area (Å²) in [6, 6.07) is 0. The minimum atomic E-state index is -2.87. The van der Waals surface area contributed by atoms with E-state index in [2.05, 4.69) is 67.0 Å². The van der Waals surface area contributed by atoms with Crippen LogP contribution in [-0.2, 0) is 21.6 Å². The highest BCUT2D eigenvalue weighted by molar-refractivity contribution is 6.89. The van der Waals surface area contributed by atoms with Crippen LogP contribution in [0.15, 0.2) is 12.2 Å². The molecule has 0 saturated heterocycles. The Morgan fingerprint density at radius 3 is 1.46 bits per heavy atom. The van der Waals surface area contributed by atoms with Crippen LogP contribution in [0.1, 0.15) is 34.6 Å². The Morgan fingerprint density at radius 1 is 0.769 bits per heavy atom. The normalized spacial score (nSPS) is 14.1. The summed E-state index contributed by atoms with van der Waals surface area (Å²) >= 11 is 0. The molecule has 26 heavy (non-hydrogen) atoms. The molecular formula is C17H40O5Si4. The lowest BCUT2D eigenvalue weighted by Gasteiger charge is -2.44. The second-order valence-electron chi connectivity index (χ2n) is 9.42. The van der Waals surface area contributed by atoms with E-state index in [1.165, 1.54) is 0 Å². The summed E-state index contributed by atoms with van der Waals surface area (Å²) in [7, 11) is -9.51. The molecule has 0 saturated carbocycles.